The van der Waals surface area contributed by atoms with Crippen molar-refractivity contribution in [1.82, 2.24) is 14.9 Å². The molecule has 1 aliphatic carbocycles. The number of carbonyl (C=O) groups is 1. The summed E-state index contributed by atoms with van der Waals surface area (Å²) < 4.78 is 32.0. The fourth-order valence-corrected chi connectivity index (χ4v) is 3.93. The summed E-state index contributed by atoms with van der Waals surface area (Å²) in [5.41, 5.74) is 3.17. The predicted molar refractivity (Wildman–Crippen MR) is 96.6 cm³/mol. The lowest BCUT2D eigenvalue weighted by Crippen LogP contribution is -2.32. The Kier molecular flexibility index (Phi) is 4.95. The molecule has 1 aromatic heterocycles. The summed E-state index contributed by atoms with van der Waals surface area (Å²) in [4.78, 5) is 12.3. The average molecular weight is 375 g/mol. The Balaban J connectivity index is 1.75. The van der Waals surface area contributed by atoms with E-state index in [1.165, 1.54) is 13.2 Å². The van der Waals surface area contributed by atoms with Crippen LogP contribution in [0.5, 0.6) is 5.75 Å². The Morgan fingerprint density at radius 2 is 1.96 bits per heavy atom. The third-order valence-electron chi connectivity index (χ3n) is 4.29. The Hall–Kier alpha value is -2.48. The van der Waals surface area contributed by atoms with Gasteiger partial charge in [0, 0.05) is 12.0 Å². The van der Waals surface area contributed by atoms with Gasteiger partial charge in [0.25, 0.3) is 5.91 Å². The molecule has 1 saturated carbocycles. The Morgan fingerprint density at radius 3 is 2.58 bits per heavy atom. The zero-order valence-electron chi connectivity index (χ0n) is 14.9. The normalized spacial score (nSPS) is 14.1. The van der Waals surface area contributed by atoms with Gasteiger partial charge in [-0.2, -0.15) is 5.10 Å². The molecule has 0 bridgehead atoms. The number of carbonyl (C=O) groups excluding carboxylic acids is 1. The second-order valence-electron chi connectivity index (χ2n) is 6.58. The quantitative estimate of drug-likeness (QED) is 0.831. The number of hydrogen-bond donors (Lipinski definition) is 1. The molecule has 0 atom stereocenters. The van der Waals surface area contributed by atoms with Gasteiger partial charge < -0.3 is 4.74 Å². The summed E-state index contributed by atoms with van der Waals surface area (Å²) in [6.07, 6.45) is 2.03. The Labute approximate surface area is 152 Å². The van der Waals surface area contributed by atoms with Crippen molar-refractivity contribution in [2.45, 2.75) is 38.4 Å². The van der Waals surface area contributed by atoms with E-state index in [0.717, 1.165) is 24.0 Å². The molecular weight excluding hydrogens is 354 g/mol. The molecule has 0 radical (unpaired) electrons. The summed E-state index contributed by atoms with van der Waals surface area (Å²) in [7, 11) is -2.37. The maximum atomic E-state index is 12.3. The lowest BCUT2D eigenvalue weighted by atomic mass is 10.1. The monoisotopic (exact) mass is 375 g/mol. The fourth-order valence-electron chi connectivity index (χ4n) is 2.74. The van der Waals surface area contributed by atoms with Crippen LogP contribution in [0.25, 0.3) is 0 Å². The standard InChI is InChI=1S/C18H21N3O4S/c1-11-4-5-14(12(2)8-11)10-26(23,24)21-18(22)15-9-16(25-3)17(20-19-15)13-6-7-13/h4-5,8-9,13H,6-7,10H2,1-3H3,(H,21,22). The van der Waals surface area contributed by atoms with E-state index in [9.17, 15) is 13.2 Å². The highest BCUT2D eigenvalue weighted by Crippen LogP contribution is 2.42. The molecular formula is C18H21N3O4S. The SMILES string of the molecule is COc1cc(C(=O)NS(=O)(=O)Cc2ccc(C)cc2C)nnc1C1CC1. The van der Waals surface area contributed by atoms with E-state index in [4.69, 9.17) is 4.74 Å². The van der Waals surface area contributed by atoms with Crippen molar-refractivity contribution in [1.29, 1.82) is 0 Å². The van der Waals surface area contributed by atoms with Crippen LogP contribution in [0.2, 0.25) is 0 Å². The number of benzene rings is 1. The zero-order valence-corrected chi connectivity index (χ0v) is 15.8. The molecule has 8 heteroatoms. The molecule has 1 fully saturated rings. The average Bonchev–Trinajstić information content (AvgIpc) is 3.41. The van der Waals surface area contributed by atoms with Crippen molar-refractivity contribution in [2.75, 3.05) is 7.11 Å². The summed E-state index contributed by atoms with van der Waals surface area (Å²) in [5.74, 6) is -0.333. The van der Waals surface area contributed by atoms with Gasteiger partial charge in [-0.05, 0) is 37.8 Å². The lowest BCUT2D eigenvalue weighted by Gasteiger charge is -2.10. The fraction of sp³-hybridized carbons (Fsp3) is 0.389. The van der Waals surface area contributed by atoms with Crippen LogP contribution in [-0.4, -0.2) is 31.6 Å². The molecule has 138 valence electrons. The molecule has 0 aliphatic heterocycles. The van der Waals surface area contributed by atoms with Gasteiger partial charge in [-0.15, -0.1) is 5.10 Å². The number of sulfonamides is 1. The number of amides is 1. The Bertz CT molecular complexity index is 953. The number of ether oxygens (including phenoxy) is 1. The highest BCUT2D eigenvalue weighted by molar-refractivity contribution is 7.89. The van der Waals surface area contributed by atoms with E-state index in [0.29, 0.717) is 22.9 Å². The van der Waals surface area contributed by atoms with E-state index >= 15 is 0 Å². The summed E-state index contributed by atoms with van der Waals surface area (Å²) in [6.45, 7) is 3.77. The van der Waals surface area contributed by atoms with E-state index < -0.39 is 15.9 Å². The summed E-state index contributed by atoms with van der Waals surface area (Å²) in [5, 5.41) is 7.90. The number of rotatable bonds is 6. The minimum Gasteiger partial charge on any atom is -0.495 e. The van der Waals surface area contributed by atoms with Crippen molar-refractivity contribution >= 4 is 15.9 Å². The molecule has 7 nitrogen and oxygen atoms in total. The van der Waals surface area contributed by atoms with Crippen LogP contribution >= 0.6 is 0 Å². The first-order chi connectivity index (χ1) is 12.3. The van der Waals surface area contributed by atoms with Crippen molar-refractivity contribution < 1.29 is 17.9 Å². The van der Waals surface area contributed by atoms with Crippen LogP contribution in [-0.2, 0) is 15.8 Å². The highest BCUT2D eigenvalue weighted by Gasteiger charge is 2.30. The maximum Gasteiger partial charge on any atom is 0.285 e. The second kappa shape index (κ2) is 7.03. The number of methoxy groups -OCH3 is 1. The van der Waals surface area contributed by atoms with Crippen molar-refractivity contribution in [2.24, 2.45) is 0 Å². The first-order valence-corrected chi connectivity index (χ1v) is 9.97. The third kappa shape index (κ3) is 4.19. The number of nitrogens with one attached hydrogen (secondary N) is 1. The van der Waals surface area contributed by atoms with Crippen LogP contribution < -0.4 is 9.46 Å². The number of aromatic nitrogens is 2. The topological polar surface area (TPSA) is 98.2 Å². The minimum atomic E-state index is -3.86. The molecule has 0 unspecified atom stereocenters. The third-order valence-corrected chi connectivity index (χ3v) is 5.48. The molecule has 1 N–H and O–H groups in total. The van der Waals surface area contributed by atoms with Crippen molar-refractivity contribution in [3.05, 3.63) is 52.3 Å². The van der Waals surface area contributed by atoms with Crippen LogP contribution in [0, 0.1) is 13.8 Å². The highest BCUT2D eigenvalue weighted by atomic mass is 32.2. The van der Waals surface area contributed by atoms with E-state index in [-0.39, 0.29) is 11.4 Å². The van der Waals surface area contributed by atoms with Gasteiger partial charge >= 0.3 is 0 Å². The molecule has 2 aromatic rings. The maximum absolute atomic E-state index is 12.3. The van der Waals surface area contributed by atoms with E-state index in [1.807, 2.05) is 26.0 Å². The predicted octanol–water partition coefficient (Wildman–Crippen LogP) is 2.24. The van der Waals surface area contributed by atoms with Gasteiger partial charge in [-0.3, -0.25) is 4.79 Å². The Morgan fingerprint density at radius 1 is 1.23 bits per heavy atom. The largest absolute Gasteiger partial charge is 0.495 e. The molecule has 1 heterocycles. The molecule has 1 amide bonds. The summed E-state index contributed by atoms with van der Waals surface area (Å²) >= 11 is 0. The van der Waals surface area contributed by atoms with Crippen LogP contribution in [0.1, 0.15) is 51.6 Å². The number of hydrogen-bond acceptors (Lipinski definition) is 6. The van der Waals surface area contributed by atoms with Crippen molar-refractivity contribution in [3.63, 3.8) is 0 Å². The smallest absolute Gasteiger partial charge is 0.285 e. The summed E-state index contributed by atoms with van der Waals surface area (Å²) in [6, 6.07) is 6.93. The number of nitrogens with zero attached hydrogens (tertiary/aromatic N) is 2. The minimum absolute atomic E-state index is 0.0875. The van der Waals surface area contributed by atoms with Crippen LogP contribution in [0.3, 0.4) is 0 Å². The van der Waals surface area contributed by atoms with E-state index in [2.05, 4.69) is 14.9 Å². The van der Waals surface area contributed by atoms with Gasteiger partial charge in [0.15, 0.2) is 5.69 Å². The van der Waals surface area contributed by atoms with Crippen LogP contribution in [0.4, 0.5) is 0 Å². The molecule has 0 saturated heterocycles. The van der Waals surface area contributed by atoms with Crippen LogP contribution in [0.15, 0.2) is 24.3 Å². The first-order valence-electron chi connectivity index (χ1n) is 8.31. The molecule has 26 heavy (non-hydrogen) atoms. The lowest BCUT2D eigenvalue weighted by molar-refractivity contribution is 0.0975. The molecule has 3 rings (SSSR count). The van der Waals surface area contributed by atoms with Gasteiger partial charge in [-0.25, -0.2) is 13.1 Å². The molecule has 0 spiro atoms. The molecule has 1 aromatic carbocycles. The van der Waals surface area contributed by atoms with E-state index in [1.54, 1.807) is 6.07 Å². The zero-order chi connectivity index (χ0) is 18.9. The second-order valence-corrected chi connectivity index (χ2v) is 8.30. The van der Waals surface area contributed by atoms with Gasteiger partial charge in [-0.1, -0.05) is 23.8 Å². The number of aryl methyl sites for hydroxylation is 2. The van der Waals surface area contributed by atoms with Gasteiger partial charge in [0.1, 0.15) is 11.4 Å². The first kappa shape index (κ1) is 18.3. The van der Waals surface area contributed by atoms with Gasteiger partial charge in [0.05, 0.1) is 12.9 Å². The van der Waals surface area contributed by atoms with Gasteiger partial charge in [0.2, 0.25) is 10.0 Å². The van der Waals surface area contributed by atoms with Crippen molar-refractivity contribution in [3.8, 4) is 5.75 Å². The molecule has 1 aliphatic rings.